The second-order valence-electron chi connectivity index (χ2n) is 8.33. The zero-order valence-corrected chi connectivity index (χ0v) is 20.1. The molecule has 1 amide bonds. The van der Waals surface area contributed by atoms with Crippen molar-refractivity contribution in [1.82, 2.24) is 9.55 Å². The Hall–Kier alpha value is -3.13. The Morgan fingerprint density at radius 3 is 2.48 bits per heavy atom. The summed E-state index contributed by atoms with van der Waals surface area (Å²) < 4.78 is 6.92. The first kappa shape index (κ1) is 24.5. The van der Waals surface area contributed by atoms with Crippen molar-refractivity contribution in [3.8, 4) is 0 Å². The average Bonchev–Trinajstić information content (AvgIpc) is 2.78. The summed E-state index contributed by atoms with van der Waals surface area (Å²) in [5, 5.41) is 3.75. The van der Waals surface area contributed by atoms with Gasteiger partial charge < -0.3 is 10.1 Å². The maximum atomic E-state index is 13.0. The van der Waals surface area contributed by atoms with Crippen molar-refractivity contribution in [2.24, 2.45) is 5.92 Å². The number of nitrogens with one attached hydrogen (secondary N) is 1. The van der Waals surface area contributed by atoms with Crippen LogP contribution in [0.5, 0.6) is 0 Å². The molecule has 0 saturated heterocycles. The number of hydrogen-bond donors (Lipinski definition) is 1. The molecule has 7 nitrogen and oxygen atoms in total. The zero-order chi connectivity index (χ0) is 24.0. The number of carbonyl (C=O) groups excluding carboxylic acids is 2. The predicted molar refractivity (Wildman–Crippen MR) is 132 cm³/mol. The average molecular weight is 468 g/mol. The van der Waals surface area contributed by atoms with Gasteiger partial charge in [-0.2, -0.15) is 0 Å². The van der Waals surface area contributed by atoms with E-state index in [4.69, 9.17) is 4.74 Å². The maximum Gasteiger partial charge on any atom is 0.317 e. The molecular formula is C25H29N3O4S. The van der Waals surface area contributed by atoms with Gasteiger partial charge in [0.1, 0.15) is 0 Å². The minimum Gasteiger partial charge on any atom is -0.452 e. The standard InChI is InChI=1S/C25H29N3O4S/c1-16(2)13-14-28-24(31)20-7-5-6-8-21(20)27-25(28)33-15-22(29)32-18(4)23(30)26-19-11-9-17(3)10-12-19/h5-12,16,18H,13-15H2,1-4H3,(H,26,30)/t18-/m1/s1. The van der Waals surface area contributed by atoms with E-state index < -0.39 is 18.0 Å². The number of para-hydroxylation sites is 1. The minimum atomic E-state index is -0.952. The summed E-state index contributed by atoms with van der Waals surface area (Å²) in [6, 6.07) is 14.5. The third-order valence-electron chi connectivity index (χ3n) is 5.07. The number of carbonyl (C=O) groups is 2. The molecule has 0 saturated carbocycles. The van der Waals surface area contributed by atoms with Crippen molar-refractivity contribution in [1.29, 1.82) is 0 Å². The van der Waals surface area contributed by atoms with E-state index in [0.29, 0.717) is 34.2 Å². The number of thioether (sulfide) groups is 1. The normalized spacial score (nSPS) is 12.0. The Balaban J connectivity index is 1.66. The van der Waals surface area contributed by atoms with E-state index in [0.717, 1.165) is 23.7 Å². The van der Waals surface area contributed by atoms with Crippen LogP contribution in [0.3, 0.4) is 0 Å². The molecule has 1 aromatic heterocycles. The van der Waals surface area contributed by atoms with Crippen molar-refractivity contribution in [2.45, 2.75) is 51.9 Å². The van der Waals surface area contributed by atoms with Crippen molar-refractivity contribution in [3.05, 3.63) is 64.4 Å². The quantitative estimate of drug-likeness (QED) is 0.285. The number of hydrogen-bond acceptors (Lipinski definition) is 6. The lowest BCUT2D eigenvalue weighted by Crippen LogP contribution is -2.30. The monoisotopic (exact) mass is 467 g/mol. The fourth-order valence-electron chi connectivity index (χ4n) is 3.13. The van der Waals surface area contributed by atoms with Crippen molar-refractivity contribution in [3.63, 3.8) is 0 Å². The highest BCUT2D eigenvalue weighted by Crippen LogP contribution is 2.19. The van der Waals surface area contributed by atoms with Crippen LogP contribution in [0, 0.1) is 12.8 Å². The van der Waals surface area contributed by atoms with Gasteiger partial charge >= 0.3 is 5.97 Å². The number of aryl methyl sites for hydroxylation is 1. The smallest absolute Gasteiger partial charge is 0.317 e. The summed E-state index contributed by atoms with van der Waals surface area (Å²) in [5.74, 6) is -0.604. The molecule has 3 rings (SSSR count). The van der Waals surface area contributed by atoms with Crippen LogP contribution in [-0.2, 0) is 20.9 Å². The molecule has 1 N–H and O–H groups in total. The number of benzene rings is 2. The lowest BCUT2D eigenvalue weighted by atomic mass is 10.1. The molecule has 1 heterocycles. The summed E-state index contributed by atoms with van der Waals surface area (Å²) in [6.45, 7) is 8.18. The molecule has 0 spiro atoms. The fraction of sp³-hybridized carbons (Fsp3) is 0.360. The second kappa shape index (κ2) is 11.1. The maximum absolute atomic E-state index is 13.0. The van der Waals surface area contributed by atoms with Gasteiger partial charge in [-0.3, -0.25) is 19.0 Å². The highest BCUT2D eigenvalue weighted by molar-refractivity contribution is 7.99. The molecule has 0 unspecified atom stereocenters. The van der Waals surface area contributed by atoms with Crippen molar-refractivity contribution in [2.75, 3.05) is 11.1 Å². The van der Waals surface area contributed by atoms with E-state index in [2.05, 4.69) is 24.1 Å². The van der Waals surface area contributed by atoms with Gasteiger partial charge in [0.05, 0.1) is 16.7 Å². The van der Waals surface area contributed by atoms with E-state index in [-0.39, 0.29) is 11.3 Å². The van der Waals surface area contributed by atoms with Crippen LogP contribution in [-0.4, -0.2) is 33.3 Å². The van der Waals surface area contributed by atoms with Gasteiger partial charge in [-0.25, -0.2) is 4.98 Å². The SMILES string of the molecule is Cc1ccc(NC(=O)[C@@H](C)OC(=O)CSc2nc3ccccc3c(=O)n2CCC(C)C)cc1. The van der Waals surface area contributed by atoms with Gasteiger partial charge in [-0.1, -0.05) is 55.4 Å². The van der Waals surface area contributed by atoms with Crippen LogP contribution in [0.4, 0.5) is 5.69 Å². The molecule has 1 atom stereocenters. The summed E-state index contributed by atoms with van der Waals surface area (Å²) >= 11 is 1.14. The summed E-state index contributed by atoms with van der Waals surface area (Å²) in [4.78, 5) is 42.4. The first-order valence-electron chi connectivity index (χ1n) is 10.9. The van der Waals surface area contributed by atoms with Gasteiger partial charge in [-0.15, -0.1) is 0 Å². The van der Waals surface area contributed by atoms with E-state index in [1.807, 2.05) is 31.2 Å². The second-order valence-corrected chi connectivity index (χ2v) is 9.27. The van der Waals surface area contributed by atoms with E-state index in [9.17, 15) is 14.4 Å². The molecule has 0 aliphatic rings. The molecule has 33 heavy (non-hydrogen) atoms. The van der Waals surface area contributed by atoms with Gasteiger partial charge in [0.2, 0.25) is 0 Å². The number of nitrogens with zero attached hydrogens (tertiary/aromatic N) is 2. The van der Waals surface area contributed by atoms with Gasteiger partial charge in [0.15, 0.2) is 11.3 Å². The molecule has 8 heteroatoms. The van der Waals surface area contributed by atoms with E-state index in [1.165, 1.54) is 6.92 Å². The predicted octanol–water partition coefficient (Wildman–Crippen LogP) is 4.41. The molecule has 174 valence electrons. The van der Waals surface area contributed by atoms with Gasteiger partial charge in [-0.05, 0) is 50.5 Å². The zero-order valence-electron chi connectivity index (χ0n) is 19.3. The number of amides is 1. The highest BCUT2D eigenvalue weighted by atomic mass is 32.2. The largest absolute Gasteiger partial charge is 0.452 e. The molecule has 0 fully saturated rings. The number of fused-ring (bicyclic) bond motifs is 1. The Labute approximate surface area is 197 Å². The Morgan fingerprint density at radius 1 is 1.09 bits per heavy atom. The number of anilines is 1. The Bertz CT molecular complexity index is 1190. The molecule has 0 bridgehead atoms. The van der Waals surface area contributed by atoms with Crippen LogP contribution in [0.25, 0.3) is 10.9 Å². The van der Waals surface area contributed by atoms with Gasteiger partial charge in [0, 0.05) is 12.2 Å². The van der Waals surface area contributed by atoms with Crippen LogP contribution in [0.2, 0.25) is 0 Å². The van der Waals surface area contributed by atoms with Gasteiger partial charge in [0.25, 0.3) is 11.5 Å². The van der Waals surface area contributed by atoms with Crippen molar-refractivity contribution >= 4 is 40.2 Å². The molecule has 0 radical (unpaired) electrons. The lowest BCUT2D eigenvalue weighted by Gasteiger charge is -2.15. The number of esters is 1. The van der Waals surface area contributed by atoms with Crippen LogP contribution in [0.15, 0.2) is 58.5 Å². The number of ether oxygens (including phenoxy) is 1. The molecule has 3 aromatic rings. The first-order valence-corrected chi connectivity index (χ1v) is 11.9. The Kier molecular flexibility index (Phi) is 8.27. The number of aromatic nitrogens is 2. The third kappa shape index (κ3) is 6.68. The highest BCUT2D eigenvalue weighted by Gasteiger charge is 2.19. The minimum absolute atomic E-state index is 0.0609. The Morgan fingerprint density at radius 2 is 1.79 bits per heavy atom. The topological polar surface area (TPSA) is 90.3 Å². The van der Waals surface area contributed by atoms with Crippen LogP contribution in [0.1, 0.15) is 32.8 Å². The van der Waals surface area contributed by atoms with Crippen LogP contribution < -0.4 is 10.9 Å². The molecule has 0 aliphatic carbocycles. The lowest BCUT2D eigenvalue weighted by molar-refractivity contribution is -0.150. The third-order valence-corrected chi connectivity index (χ3v) is 6.02. The van der Waals surface area contributed by atoms with E-state index >= 15 is 0 Å². The fourth-order valence-corrected chi connectivity index (χ4v) is 3.94. The first-order chi connectivity index (χ1) is 15.7. The van der Waals surface area contributed by atoms with Crippen LogP contribution >= 0.6 is 11.8 Å². The number of rotatable bonds is 9. The molecule has 2 aromatic carbocycles. The summed E-state index contributed by atoms with van der Waals surface area (Å²) in [6.07, 6.45) is -0.138. The van der Waals surface area contributed by atoms with E-state index in [1.54, 1.807) is 28.8 Å². The summed E-state index contributed by atoms with van der Waals surface area (Å²) in [7, 11) is 0. The molecule has 0 aliphatic heterocycles. The molecular weight excluding hydrogens is 438 g/mol. The van der Waals surface area contributed by atoms with Crippen molar-refractivity contribution < 1.29 is 14.3 Å². The summed E-state index contributed by atoms with van der Waals surface area (Å²) in [5.41, 5.74) is 2.18.